The molecule has 3 heteroatoms. The standard InChI is InChI=1S/C26H32N2O/c1-16-5-6-22-21(9-16)20-3-2-4-23-24(20)27(22)7-8-28(23)25(29)26-13-17-10-18(14-26)12-19(11-17)15-26/h5-6,9,17-19,23H,2-4,7-8,10-15H2,1H3. The number of hydrogen-bond acceptors (Lipinski definition) is 1. The summed E-state index contributed by atoms with van der Waals surface area (Å²) < 4.78 is 2.57. The Kier molecular flexibility index (Phi) is 3.32. The monoisotopic (exact) mass is 388 g/mol. The molecule has 1 unspecified atom stereocenters. The summed E-state index contributed by atoms with van der Waals surface area (Å²) in [6.07, 6.45) is 11.4. The van der Waals surface area contributed by atoms with Gasteiger partial charge < -0.3 is 9.47 Å². The average molecular weight is 389 g/mol. The van der Waals surface area contributed by atoms with Gasteiger partial charge in [-0.1, -0.05) is 11.6 Å². The Balaban J connectivity index is 1.30. The van der Waals surface area contributed by atoms with Crippen molar-refractivity contribution < 1.29 is 4.79 Å². The van der Waals surface area contributed by atoms with Gasteiger partial charge in [-0.2, -0.15) is 0 Å². The van der Waals surface area contributed by atoms with Gasteiger partial charge in [-0.3, -0.25) is 4.79 Å². The summed E-state index contributed by atoms with van der Waals surface area (Å²) in [4.78, 5) is 16.5. The molecule has 6 aliphatic rings. The molecule has 4 saturated carbocycles. The van der Waals surface area contributed by atoms with E-state index in [0.29, 0.717) is 11.9 Å². The molecule has 1 aromatic carbocycles. The molecule has 1 amide bonds. The minimum absolute atomic E-state index is 0.00284. The second-order valence-corrected chi connectivity index (χ2v) is 11.1. The minimum Gasteiger partial charge on any atom is -0.341 e. The van der Waals surface area contributed by atoms with Crippen LogP contribution in [0.1, 0.15) is 74.2 Å². The first-order valence-electron chi connectivity index (χ1n) is 12.0. The molecule has 2 aromatic rings. The molecule has 0 saturated heterocycles. The third kappa shape index (κ3) is 2.22. The molecule has 1 atom stereocenters. The molecular formula is C26H32N2O. The van der Waals surface area contributed by atoms with Crippen molar-refractivity contribution in [2.45, 2.75) is 77.3 Å². The lowest BCUT2D eigenvalue weighted by Crippen LogP contribution is -2.56. The van der Waals surface area contributed by atoms with Crippen molar-refractivity contribution in [2.75, 3.05) is 6.54 Å². The summed E-state index contributed by atoms with van der Waals surface area (Å²) >= 11 is 0. The number of aryl methyl sites for hydroxylation is 2. The lowest BCUT2D eigenvalue weighted by atomic mass is 9.49. The molecule has 29 heavy (non-hydrogen) atoms. The Morgan fingerprint density at radius 3 is 2.48 bits per heavy atom. The van der Waals surface area contributed by atoms with E-state index in [1.807, 2.05) is 0 Å². The van der Waals surface area contributed by atoms with Crippen LogP contribution < -0.4 is 0 Å². The summed E-state index contributed by atoms with van der Waals surface area (Å²) in [5.41, 5.74) is 5.77. The fourth-order valence-corrected chi connectivity index (χ4v) is 8.64. The molecule has 152 valence electrons. The zero-order chi connectivity index (χ0) is 19.3. The number of fused-ring (bicyclic) bond motifs is 3. The van der Waals surface area contributed by atoms with Crippen LogP contribution in [0.15, 0.2) is 18.2 Å². The lowest BCUT2D eigenvalue weighted by molar-refractivity contribution is -0.161. The molecular weight excluding hydrogens is 356 g/mol. The van der Waals surface area contributed by atoms with E-state index in [2.05, 4.69) is 34.6 Å². The van der Waals surface area contributed by atoms with Crippen LogP contribution in [0.2, 0.25) is 0 Å². The number of amides is 1. The van der Waals surface area contributed by atoms with Gasteiger partial charge in [0.05, 0.1) is 11.5 Å². The summed E-state index contributed by atoms with van der Waals surface area (Å²) in [5, 5.41) is 1.45. The molecule has 1 aliphatic heterocycles. The highest BCUT2D eigenvalue weighted by Crippen LogP contribution is 2.61. The van der Waals surface area contributed by atoms with Crippen molar-refractivity contribution in [1.82, 2.24) is 9.47 Å². The van der Waals surface area contributed by atoms with Gasteiger partial charge >= 0.3 is 0 Å². The van der Waals surface area contributed by atoms with E-state index >= 15 is 0 Å². The Hall–Kier alpha value is -1.77. The van der Waals surface area contributed by atoms with Crippen molar-refractivity contribution >= 4 is 16.8 Å². The van der Waals surface area contributed by atoms with Crippen molar-refractivity contribution in [2.24, 2.45) is 23.2 Å². The Morgan fingerprint density at radius 2 is 1.76 bits per heavy atom. The van der Waals surface area contributed by atoms with Crippen molar-refractivity contribution in [3.8, 4) is 0 Å². The highest BCUT2D eigenvalue weighted by molar-refractivity contribution is 5.88. The quantitative estimate of drug-likeness (QED) is 0.643. The Labute approximate surface area is 173 Å². The summed E-state index contributed by atoms with van der Waals surface area (Å²) in [6, 6.07) is 7.26. The molecule has 1 aromatic heterocycles. The van der Waals surface area contributed by atoms with Crippen LogP contribution in [-0.4, -0.2) is 21.9 Å². The van der Waals surface area contributed by atoms with Gasteiger partial charge in [0.15, 0.2) is 0 Å². The van der Waals surface area contributed by atoms with Gasteiger partial charge in [0.2, 0.25) is 5.91 Å². The fourth-order valence-electron chi connectivity index (χ4n) is 8.64. The second kappa shape index (κ2) is 5.68. The fraction of sp³-hybridized carbons (Fsp3) is 0.654. The number of benzene rings is 1. The lowest BCUT2D eigenvalue weighted by Gasteiger charge is -2.57. The second-order valence-electron chi connectivity index (χ2n) is 11.1. The molecule has 0 N–H and O–H groups in total. The topological polar surface area (TPSA) is 25.2 Å². The first kappa shape index (κ1) is 17.0. The van der Waals surface area contributed by atoms with E-state index in [9.17, 15) is 4.79 Å². The molecule has 8 rings (SSSR count). The minimum atomic E-state index is -0.00284. The average Bonchev–Trinajstić information content (AvgIpc) is 3.02. The van der Waals surface area contributed by atoms with E-state index in [1.54, 1.807) is 5.56 Å². The van der Waals surface area contributed by atoms with Gasteiger partial charge in [-0.15, -0.1) is 0 Å². The molecule has 0 spiro atoms. The van der Waals surface area contributed by atoms with E-state index in [1.165, 1.54) is 73.5 Å². The first-order valence-corrected chi connectivity index (χ1v) is 12.0. The molecule has 2 heterocycles. The van der Waals surface area contributed by atoms with E-state index in [-0.39, 0.29) is 5.41 Å². The van der Waals surface area contributed by atoms with Gasteiger partial charge in [0.25, 0.3) is 0 Å². The maximum atomic E-state index is 14.2. The van der Waals surface area contributed by atoms with Crippen LogP contribution in [0.5, 0.6) is 0 Å². The van der Waals surface area contributed by atoms with Crippen LogP contribution in [0.3, 0.4) is 0 Å². The molecule has 0 radical (unpaired) electrons. The van der Waals surface area contributed by atoms with Crippen molar-refractivity contribution in [3.05, 3.63) is 35.0 Å². The maximum Gasteiger partial charge on any atom is 0.229 e. The SMILES string of the molecule is Cc1ccc2c(c1)c1c3n2CCN(C(=O)C24CC5CC(CC(C5)C2)C4)C3CCC1. The van der Waals surface area contributed by atoms with Crippen molar-refractivity contribution in [1.29, 1.82) is 0 Å². The Bertz CT molecular complexity index is 996. The van der Waals surface area contributed by atoms with Crippen LogP contribution in [0.25, 0.3) is 10.9 Å². The van der Waals surface area contributed by atoms with Gasteiger partial charge in [-0.25, -0.2) is 0 Å². The predicted octanol–water partition coefficient (Wildman–Crippen LogP) is 5.39. The third-order valence-electron chi connectivity index (χ3n) is 9.28. The van der Waals surface area contributed by atoms with E-state index in [4.69, 9.17) is 0 Å². The number of hydrogen-bond donors (Lipinski definition) is 0. The predicted molar refractivity (Wildman–Crippen MR) is 115 cm³/mol. The van der Waals surface area contributed by atoms with Crippen molar-refractivity contribution in [3.63, 3.8) is 0 Å². The number of rotatable bonds is 1. The number of aromatic nitrogens is 1. The van der Waals surface area contributed by atoms with Crippen LogP contribution in [0.4, 0.5) is 0 Å². The summed E-state index contributed by atoms with van der Waals surface area (Å²) in [6.45, 7) is 4.09. The molecule has 3 nitrogen and oxygen atoms in total. The van der Waals surface area contributed by atoms with E-state index < -0.39 is 0 Å². The zero-order valence-electron chi connectivity index (χ0n) is 17.6. The van der Waals surface area contributed by atoms with E-state index in [0.717, 1.165) is 37.3 Å². The maximum absolute atomic E-state index is 14.2. The molecule has 5 aliphatic carbocycles. The van der Waals surface area contributed by atoms with Gasteiger partial charge in [0.1, 0.15) is 0 Å². The van der Waals surface area contributed by atoms with Crippen LogP contribution in [0, 0.1) is 30.1 Å². The highest BCUT2D eigenvalue weighted by atomic mass is 16.2. The molecule has 4 fully saturated rings. The normalized spacial score (nSPS) is 37.2. The summed E-state index contributed by atoms with van der Waals surface area (Å²) in [7, 11) is 0. The number of nitrogens with zero attached hydrogens (tertiary/aromatic N) is 2. The van der Waals surface area contributed by atoms with Gasteiger partial charge in [0, 0.05) is 29.7 Å². The van der Waals surface area contributed by atoms with Crippen LogP contribution in [-0.2, 0) is 17.8 Å². The zero-order valence-corrected chi connectivity index (χ0v) is 17.6. The largest absolute Gasteiger partial charge is 0.341 e. The van der Waals surface area contributed by atoms with Gasteiger partial charge in [-0.05, 0) is 100 Å². The summed E-state index contributed by atoms with van der Waals surface area (Å²) in [5.74, 6) is 3.06. The highest BCUT2D eigenvalue weighted by Gasteiger charge is 2.56. The third-order valence-corrected chi connectivity index (χ3v) is 9.28. The number of carbonyl (C=O) groups excluding carboxylic acids is 1. The number of carbonyl (C=O) groups is 1. The first-order chi connectivity index (χ1) is 14.1. The molecule has 4 bridgehead atoms. The Morgan fingerprint density at radius 1 is 1.03 bits per heavy atom. The van der Waals surface area contributed by atoms with Crippen LogP contribution >= 0.6 is 0 Å². The smallest absolute Gasteiger partial charge is 0.229 e.